The predicted molar refractivity (Wildman–Crippen MR) is 42.7 cm³/mol. The molecule has 1 unspecified atom stereocenters. The van der Waals surface area contributed by atoms with Crippen LogP contribution in [-0.4, -0.2) is 21.0 Å². The summed E-state index contributed by atoms with van der Waals surface area (Å²) in [5.41, 5.74) is 0. The minimum atomic E-state index is -2.34. The van der Waals surface area contributed by atoms with Crippen LogP contribution in [0.5, 0.6) is 0 Å². The summed E-state index contributed by atoms with van der Waals surface area (Å²) >= 11 is 5.29. The van der Waals surface area contributed by atoms with Crippen molar-refractivity contribution in [2.24, 2.45) is 0 Å². The second-order valence-corrected chi connectivity index (χ2v) is 3.05. The molecule has 6 heteroatoms. The second-order valence-electron chi connectivity index (χ2n) is 2.43. The molecular weight excluding hydrogens is 186 g/mol. The second kappa shape index (κ2) is 4.25. The Hall–Kier alpha value is -0.840. The number of halogens is 1. The SMILES string of the molecule is CCCCC(Cl)(C(=O)O)[N+](=O)[O-]. The molecule has 0 saturated carbocycles. The lowest BCUT2D eigenvalue weighted by Crippen LogP contribution is -2.40. The predicted octanol–water partition coefficient (Wildman–Crippen LogP) is 1.47. The van der Waals surface area contributed by atoms with E-state index in [0.717, 1.165) is 0 Å². The zero-order chi connectivity index (χ0) is 9.78. The minimum Gasteiger partial charge on any atom is -0.475 e. The third kappa shape index (κ3) is 2.34. The first-order valence-electron chi connectivity index (χ1n) is 3.52. The van der Waals surface area contributed by atoms with Gasteiger partial charge in [-0.15, -0.1) is 0 Å². The molecule has 0 rings (SSSR count). The molecule has 0 aliphatic heterocycles. The maximum Gasteiger partial charge on any atom is 0.399 e. The fraction of sp³-hybridized carbons (Fsp3) is 0.833. The van der Waals surface area contributed by atoms with Gasteiger partial charge in [0, 0.05) is 6.42 Å². The summed E-state index contributed by atoms with van der Waals surface area (Å²) in [6.07, 6.45) is 0.958. The van der Waals surface area contributed by atoms with Crippen LogP contribution in [0.15, 0.2) is 0 Å². The highest BCUT2D eigenvalue weighted by Gasteiger charge is 2.48. The van der Waals surface area contributed by atoms with Gasteiger partial charge in [0.25, 0.3) is 0 Å². The molecule has 0 heterocycles. The smallest absolute Gasteiger partial charge is 0.399 e. The van der Waals surface area contributed by atoms with E-state index in [0.29, 0.717) is 12.8 Å². The van der Waals surface area contributed by atoms with Gasteiger partial charge >= 0.3 is 11.0 Å². The van der Waals surface area contributed by atoms with E-state index in [2.05, 4.69) is 0 Å². The normalized spacial score (nSPS) is 15.2. The molecule has 70 valence electrons. The van der Waals surface area contributed by atoms with Crippen molar-refractivity contribution in [1.29, 1.82) is 0 Å². The number of aliphatic carboxylic acids is 1. The minimum absolute atomic E-state index is 0.145. The number of unbranched alkanes of at least 4 members (excludes halogenated alkanes) is 1. The zero-order valence-corrected chi connectivity index (χ0v) is 7.37. The summed E-state index contributed by atoms with van der Waals surface area (Å²) in [5, 5.41) is 18.7. The quantitative estimate of drug-likeness (QED) is 0.312. The Balaban J connectivity index is 4.40. The van der Waals surface area contributed by atoms with Crippen LogP contribution < -0.4 is 0 Å². The van der Waals surface area contributed by atoms with E-state index < -0.39 is 15.9 Å². The first-order valence-corrected chi connectivity index (χ1v) is 3.89. The number of carboxylic acid groups (broad SMARTS) is 1. The molecule has 0 saturated heterocycles. The van der Waals surface area contributed by atoms with E-state index in [-0.39, 0.29) is 6.42 Å². The highest BCUT2D eigenvalue weighted by molar-refractivity contribution is 6.32. The number of hydrogen-bond acceptors (Lipinski definition) is 3. The molecule has 0 aromatic rings. The fourth-order valence-corrected chi connectivity index (χ4v) is 0.821. The lowest BCUT2D eigenvalue weighted by atomic mass is 10.1. The number of nitrogens with zero attached hydrogens (tertiary/aromatic N) is 1. The Morgan fingerprint density at radius 1 is 1.75 bits per heavy atom. The van der Waals surface area contributed by atoms with E-state index >= 15 is 0 Å². The third-order valence-corrected chi connectivity index (χ3v) is 1.97. The van der Waals surface area contributed by atoms with Crippen LogP contribution in [0.1, 0.15) is 26.2 Å². The topological polar surface area (TPSA) is 80.4 Å². The van der Waals surface area contributed by atoms with Crippen LogP contribution >= 0.6 is 11.6 Å². The molecule has 0 aliphatic carbocycles. The van der Waals surface area contributed by atoms with Gasteiger partial charge in [0.1, 0.15) is 0 Å². The molecule has 0 bridgehead atoms. The highest BCUT2D eigenvalue weighted by Crippen LogP contribution is 2.23. The van der Waals surface area contributed by atoms with Gasteiger partial charge in [-0.2, -0.15) is 0 Å². The average Bonchev–Trinajstić information content (AvgIpc) is 1.99. The monoisotopic (exact) mass is 195 g/mol. The molecule has 0 aromatic carbocycles. The van der Waals surface area contributed by atoms with Crippen molar-refractivity contribution in [1.82, 2.24) is 0 Å². The van der Waals surface area contributed by atoms with Crippen molar-refractivity contribution in [3.8, 4) is 0 Å². The number of carboxylic acids is 1. The Bertz CT molecular complexity index is 180. The molecule has 5 nitrogen and oxygen atoms in total. The first-order chi connectivity index (χ1) is 5.45. The number of hydrogen-bond donors (Lipinski definition) is 1. The van der Waals surface area contributed by atoms with Crippen LogP contribution in [-0.2, 0) is 4.79 Å². The van der Waals surface area contributed by atoms with Crippen LogP contribution in [0.3, 0.4) is 0 Å². The number of nitro groups is 1. The Morgan fingerprint density at radius 2 is 2.25 bits per heavy atom. The van der Waals surface area contributed by atoms with Crippen LogP contribution in [0.2, 0.25) is 0 Å². The largest absolute Gasteiger partial charge is 0.475 e. The Morgan fingerprint density at radius 3 is 2.50 bits per heavy atom. The van der Waals surface area contributed by atoms with Crippen molar-refractivity contribution < 1.29 is 14.8 Å². The van der Waals surface area contributed by atoms with E-state index in [4.69, 9.17) is 16.7 Å². The van der Waals surface area contributed by atoms with Gasteiger partial charge < -0.3 is 5.11 Å². The summed E-state index contributed by atoms with van der Waals surface area (Å²) in [4.78, 5) is 17.4. The number of carbonyl (C=O) groups is 1. The summed E-state index contributed by atoms with van der Waals surface area (Å²) in [6, 6.07) is 0. The molecule has 0 fully saturated rings. The summed E-state index contributed by atoms with van der Waals surface area (Å²) in [5.74, 6) is -1.59. The maximum atomic E-state index is 10.4. The van der Waals surface area contributed by atoms with E-state index in [1.54, 1.807) is 6.92 Å². The van der Waals surface area contributed by atoms with Crippen molar-refractivity contribution in [2.45, 2.75) is 31.2 Å². The molecule has 0 amide bonds. The van der Waals surface area contributed by atoms with Crippen molar-refractivity contribution in [3.63, 3.8) is 0 Å². The molecule has 1 atom stereocenters. The van der Waals surface area contributed by atoms with Gasteiger partial charge in [0.2, 0.25) is 0 Å². The van der Waals surface area contributed by atoms with Crippen molar-refractivity contribution in [3.05, 3.63) is 10.1 Å². The first kappa shape index (κ1) is 11.2. The molecule has 12 heavy (non-hydrogen) atoms. The van der Waals surface area contributed by atoms with E-state index in [1.807, 2.05) is 0 Å². The number of rotatable bonds is 5. The van der Waals surface area contributed by atoms with Gasteiger partial charge in [0.05, 0.1) is 4.92 Å². The van der Waals surface area contributed by atoms with Crippen molar-refractivity contribution in [2.75, 3.05) is 0 Å². The van der Waals surface area contributed by atoms with Gasteiger partial charge in [-0.3, -0.25) is 10.1 Å². The summed E-state index contributed by atoms with van der Waals surface area (Å²) < 4.78 is 0. The van der Waals surface area contributed by atoms with E-state index in [9.17, 15) is 14.9 Å². The lowest BCUT2D eigenvalue weighted by molar-refractivity contribution is -0.529. The fourth-order valence-electron chi connectivity index (χ4n) is 0.687. The number of alkyl halides is 1. The molecule has 0 aliphatic rings. The lowest BCUT2D eigenvalue weighted by Gasteiger charge is -2.11. The average molecular weight is 196 g/mol. The van der Waals surface area contributed by atoms with Crippen LogP contribution in [0, 0.1) is 10.1 Å². The molecule has 0 spiro atoms. The molecule has 0 aromatic heterocycles. The van der Waals surface area contributed by atoms with Gasteiger partial charge in [-0.25, -0.2) is 4.79 Å². The van der Waals surface area contributed by atoms with Gasteiger partial charge in [0.15, 0.2) is 0 Å². The Kier molecular flexibility index (Phi) is 3.95. The van der Waals surface area contributed by atoms with Crippen molar-refractivity contribution >= 4 is 17.6 Å². The summed E-state index contributed by atoms with van der Waals surface area (Å²) in [6.45, 7) is 1.80. The van der Waals surface area contributed by atoms with E-state index in [1.165, 1.54) is 0 Å². The molecule has 0 radical (unpaired) electrons. The standard InChI is InChI=1S/C6H10ClNO4/c1-2-3-4-6(7,5(9)10)8(11)12/h2-4H2,1H3,(H,9,10). The zero-order valence-electron chi connectivity index (χ0n) is 6.62. The highest BCUT2D eigenvalue weighted by atomic mass is 35.5. The Labute approximate surface area is 74.5 Å². The summed E-state index contributed by atoms with van der Waals surface area (Å²) in [7, 11) is 0. The van der Waals surface area contributed by atoms with Gasteiger partial charge in [-0.1, -0.05) is 13.3 Å². The van der Waals surface area contributed by atoms with Crippen LogP contribution in [0.25, 0.3) is 0 Å². The molecule has 1 N–H and O–H groups in total. The third-order valence-electron chi connectivity index (χ3n) is 1.48. The van der Waals surface area contributed by atoms with Crippen LogP contribution in [0.4, 0.5) is 0 Å². The van der Waals surface area contributed by atoms with Gasteiger partial charge in [-0.05, 0) is 18.0 Å². The molecular formula is C6H10ClNO4. The maximum absolute atomic E-state index is 10.4.